The van der Waals surface area contributed by atoms with Crippen LogP contribution in [-0.4, -0.2) is 17.1 Å². The third-order valence-corrected chi connectivity index (χ3v) is 2.55. The molecule has 1 aromatic rings. The summed E-state index contributed by atoms with van der Waals surface area (Å²) in [5, 5.41) is 8.65. The zero-order chi connectivity index (χ0) is 10.7. The van der Waals surface area contributed by atoms with E-state index in [1.54, 1.807) is 0 Å². The number of carbonyl (C=O) groups is 1. The highest BCUT2D eigenvalue weighted by atomic mass is 79.9. The van der Waals surface area contributed by atoms with Crippen molar-refractivity contribution >= 4 is 21.9 Å². The Hall–Kier alpha value is -0.870. The molecular formula is C10H12BrNO2. The Morgan fingerprint density at radius 2 is 2.29 bits per heavy atom. The summed E-state index contributed by atoms with van der Waals surface area (Å²) in [7, 11) is 0. The summed E-state index contributed by atoms with van der Waals surface area (Å²) < 4.78 is 0.989. The lowest BCUT2D eigenvalue weighted by Gasteiger charge is -2.09. The molecular weight excluding hydrogens is 246 g/mol. The van der Waals surface area contributed by atoms with Gasteiger partial charge in [-0.2, -0.15) is 0 Å². The largest absolute Gasteiger partial charge is 0.480 e. The van der Waals surface area contributed by atoms with Gasteiger partial charge in [-0.1, -0.05) is 22.0 Å². The highest BCUT2D eigenvalue weighted by Crippen LogP contribution is 2.16. The number of aryl methyl sites for hydroxylation is 1. The Labute approximate surface area is 91.1 Å². The second-order valence-corrected chi connectivity index (χ2v) is 4.14. The van der Waals surface area contributed by atoms with Crippen LogP contribution in [0.15, 0.2) is 22.7 Å². The Kier molecular flexibility index (Phi) is 3.66. The van der Waals surface area contributed by atoms with E-state index < -0.39 is 12.0 Å². The van der Waals surface area contributed by atoms with Crippen LogP contribution in [0, 0.1) is 6.92 Å². The predicted molar refractivity (Wildman–Crippen MR) is 58.2 cm³/mol. The van der Waals surface area contributed by atoms with E-state index in [0.29, 0.717) is 6.42 Å². The van der Waals surface area contributed by atoms with Gasteiger partial charge in [0.25, 0.3) is 0 Å². The minimum atomic E-state index is -0.965. The molecule has 0 radical (unpaired) electrons. The summed E-state index contributed by atoms with van der Waals surface area (Å²) in [6.07, 6.45) is 0.369. The molecule has 14 heavy (non-hydrogen) atoms. The summed E-state index contributed by atoms with van der Waals surface area (Å²) in [5.74, 6) is -0.965. The molecule has 76 valence electrons. The van der Waals surface area contributed by atoms with E-state index in [9.17, 15) is 4.79 Å². The first-order valence-corrected chi connectivity index (χ1v) is 5.03. The van der Waals surface area contributed by atoms with Crippen molar-refractivity contribution in [1.29, 1.82) is 0 Å². The molecule has 3 nitrogen and oxygen atoms in total. The van der Waals surface area contributed by atoms with Crippen molar-refractivity contribution in [1.82, 2.24) is 0 Å². The van der Waals surface area contributed by atoms with E-state index in [2.05, 4.69) is 15.9 Å². The number of halogens is 1. The number of benzene rings is 1. The molecule has 0 aliphatic carbocycles. The third-order valence-electron chi connectivity index (χ3n) is 2.06. The molecule has 1 aromatic carbocycles. The second kappa shape index (κ2) is 4.57. The lowest BCUT2D eigenvalue weighted by molar-refractivity contribution is -0.138. The van der Waals surface area contributed by atoms with Crippen LogP contribution in [0.5, 0.6) is 0 Å². The average Bonchev–Trinajstić information content (AvgIpc) is 2.09. The molecule has 0 heterocycles. The predicted octanol–water partition coefficient (Wildman–Crippen LogP) is 1.71. The number of carboxylic acid groups (broad SMARTS) is 1. The van der Waals surface area contributed by atoms with Gasteiger partial charge in [0.2, 0.25) is 0 Å². The summed E-state index contributed by atoms with van der Waals surface area (Å²) >= 11 is 3.34. The maximum atomic E-state index is 10.5. The van der Waals surface area contributed by atoms with Crippen LogP contribution in [0.4, 0.5) is 0 Å². The van der Waals surface area contributed by atoms with Gasteiger partial charge in [-0.05, 0) is 36.6 Å². The standard InChI is InChI=1S/C10H12BrNO2/c1-6-4-8(11)3-2-7(6)5-9(12)10(13)14/h2-4,9H,5,12H2,1H3,(H,13,14)/t9-/m0/s1. The lowest BCUT2D eigenvalue weighted by Crippen LogP contribution is -2.32. The number of aliphatic carboxylic acids is 1. The van der Waals surface area contributed by atoms with Crippen molar-refractivity contribution < 1.29 is 9.90 Å². The zero-order valence-electron chi connectivity index (χ0n) is 7.83. The average molecular weight is 258 g/mol. The Balaban J connectivity index is 2.82. The van der Waals surface area contributed by atoms with Crippen LogP contribution in [0.25, 0.3) is 0 Å². The smallest absolute Gasteiger partial charge is 0.320 e. The van der Waals surface area contributed by atoms with Crippen molar-refractivity contribution in [3.05, 3.63) is 33.8 Å². The van der Waals surface area contributed by atoms with Crippen LogP contribution >= 0.6 is 15.9 Å². The normalized spacial score (nSPS) is 12.5. The molecule has 0 aliphatic rings. The number of hydrogen-bond donors (Lipinski definition) is 2. The summed E-state index contributed by atoms with van der Waals surface area (Å²) in [4.78, 5) is 10.5. The number of nitrogens with two attached hydrogens (primary N) is 1. The Morgan fingerprint density at radius 1 is 1.64 bits per heavy atom. The summed E-state index contributed by atoms with van der Waals surface area (Å²) in [6, 6.07) is 4.90. The molecule has 1 rings (SSSR count). The molecule has 0 spiro atoms. The summed E-state index contributed by atoms with van der Waals surface area (Å²) in [6.45, 7) is 1.94. The third kappa shape index (κ3) is 2.82. The molecule has 0 bridgehead atoms. The molecule has 4 heteroatoms. The fraction of sp³-hybridized carbons (Fsp3) is 0.300. The van der Waals surface area contributed by atoms with Crippen molar-refractivity contribution in [3.8, 4) is 0 Å². The minimum Gasteiger partial charge on any atom is -0.480 e. The van der Waals surface area contributed by atoms with E-state index in [1.807, 2.05) is 25.1 Å². The van der Waals surface area contributed by atoms with Gasteiger partial charge < -0.3 is 10.8 Å². The van der Waals surface area contributed by atoms with Gasteiger partial charge in [0.05, 0.1) is 0 Å². The topological polar surface area (TPSA) is 63.3 Å². The molecule has 0 aliphatic heterocycles. The maximum Gasteiger partial charge on any atom is 0.320 e. The fourth-order valence-corrected chi connectivity index (χ4v) is 1.69. The molecule has 3 N–H and O–H groups in total. The highest BCUT2D eigenvalue weighted by molar-refractivity contribution is 9.10. The first kappa shape index (κ1) is 11.2. The molecule has 0 saturated heterocycles. The SMILES string of the molecule is Cc1cc(Br)ccc1C[C@H](N)C(=O)O. The number of hydrogen-bond acceptors (Lipinski definition) is 2. The van der Waals surface area contributed by atoms with E-state index in [4.69, 9.17) is 10.8 Å². The molecule has 0 aromatic heterocycles. The van der Waals surface area contributed by atoms with Crippen LogP contribution in [0.3, 0.4) is 0 Å². The van der Waals surface area contributed by atoms with Crippen LogP contribution in [0.2, 0.25) is 0 Å². The molecule has 0 saturated carbocycles. The van der Waals surface area contributed by atoms with Crippen molar-refractivity contribution in [2.45, 2.75) is 19.4 Å². The molecule has 0 unspecified atom stereocenters. The molecule has 0 fully saturated rings. The monoisotopic (exact) mass is 257 g/mol. The minimum absolute atomic E-state index is 0.369. The Bertz CT molecular complexity index is 352. The molecule has 0 amide bonds. The number of carboxylic acids is 1. The first-order chi connectivity index (χ1) is 6.50. The maximum absolute atomic E-state index is 10.5. The van der Waals surface area contributed by atoms with Crippen LogP contribution < -0.4 is 5.73 Å². The van der Waals surface area contributed by atoms with Crippen LogP contribution in [0.1, 0.15) is 11.1 Å². The fourth-order valence-electron chi connectivity index (χ4n) is 1.21. The quantitative estimate of drug-likeness (QED) is 0.867. The van der Waals surface area contributed by atoms with E-state index in [0.717, 1.165) is 15.6 Å². The van der Waals surface area contributed by atoms with Crippen molar-refractivity contribution in [3.63, 3.8) is 0 Å². The van der Waals surface area contributed by atoms with Gasteiger partial charge in [-0.3, -0.25) is 4.79 Å². The van der Waals surface area contributed by atoms with Crippen LogP contribution in [-0.2, 0) is 11.2 Å². The Morgan fingerprint density at radius 3 is 2.79 bits per heavy atom. The molecule has 1 atom stereocenters. The van der Waals surface area contributed by atoms with E-state index in [-0.39, 0.29) is 0 Å². The zero-order valence-corrected chi connectivity index (χ0v) is 9.41. The first-order valence-electron chi connectivity index (χ1n) is 4.24. The van der Waals surface area contributed by atoms with Crippen molar-refractivity contribution in [2.75, 3.05) is 0 Å². The van der Waals surface area contributed by atoms with E-state index >= 15 is 0 Å². The second-order valence-electron chi connectivity index (χ2n) is 3.22. The summed E-state index contributed by atoms with van der Waals surface area (Å²) in [5.41, 5.74) is 7.47. The van der Waals surface area contributed by atoms with Gasteiger partial charge in [0.15, 0.2) is 0 Å². The van der Waals surface area contributed by atoms with Gasteiger partial charge in [0.1, 0.15) is 6.04 Å². The number of rotatable bonds is 3. The van der Waals surface area contributed by atoms with Gasteiger partial charge >= 0.3 is 5.97 Å². The van der Waals surface area contributed by atoms with Crippen molar-refractivity contribution in [2.24, 2.45) is 5.73 Å². The van der Waals surface area contributed by atoms with Gasteiger partial charge in [-0.25, -0.2) is 0 Å². The lowest BCUT2D eigenvalue weighted by atomic mass is 10.0. The van der Waals surface area contributed by atoms with Gasteiger partial charge in [0, 0.05) is 4.47 Å². The highest BCUT2D eigenvalue weighted by Gasteiger charge is 2.13. The van der Waals surface area contributed by atoms with Gasteiger partial charge in [-0.15, -0.1) is 0 Å². The van der Waals surface area contributed by atoms with E-state index in [1.165, 1.54) is 0 Å².